The van der Waals surface area contributed by atoms with Gasteiger partial charge in [0.1, 0.15) is 0 Å². The molecule has 33 heavy (non-hydrogen) atoms. The van der Waals surface area contributed by atoms with Gasteiger partial charge in [-0.25, -0.2) is 21.8 Å². The van der Waals surface area contributed by atoms with Crippen LogP contribution < -0.4 is 0 Å². The summed E-state index contributed by atoms with van der Waals surface area (Å²) < 4.78 is 47.8. The predicted octanol–water partition coefficient (Wildman–Crippen LogP) is 4.65. The Labute approximate surface area is 194 Å². The number of hydrogen-bond donors (Lipinski definition) is 0. The minimum Gasteiger partial charge on any atom is -0.256 e. The van der Waals surface area contributed by atoms with Crippen molar-refractivity contribution in [3.05, 3.63) is 78.5 Å². The Balaban J connectivity index is 1.94. The Morgan fingerprint density at radius 3 is 2.18 bits per heavy atom. The molecule has 2 heterocycles. The molecule has 0 radical (unpaired) electrons. The van der Waals surface area contributed by atoms with Gasteiger partial charge in [-0.1, -0.05) is 30.3 Å². The summed E-state index contributed by atoms with van der Waals surface area (Å²) in [5.41, 5.74) is 4.32. The molecule has 0 aliphatic carbocycles. The molecule has 8 heteroatoms. The summed E-state index contributed by atoms with van der Waals surface area (Å²) in [6, 6.07) is 19.9. The molecule has 0 aliphatic heterocycles. The first-order valence-corrected chi connectivity index (χ1v) is 14.0. The second-order valence-electron chi connectivity index (χ2n) is 8.60. The van der Waals surface area contributed by atoms with Gasteiger partial charge in [-0.15, -0.1) is 0 Å². The summed E-state index contributed by atoms with van der Waals surface area (Å²) in [7, 11) is -6.82. The molecule has 0 amide bonds. The summed E-state index contributed by atoms with van der Waals surface area (Å²) in [4.78, 5) is 8.86. The lowest BCUT2D eigenvalue weighted by Gasteiger charge is -2.24. The zero-order valence-corrected chi connectivity index (χ0v) is 20.4. The van der Waals surface area contributed by atoms with E-state index in [1.165, 1.54) is 12.3 Å². The van der Waals surface area contributed by atoms with E-state index >= 15 is 0 Å². The monoisotopic (exact) mass is 480 g/mol. The highest BCUT2D eigenvalue weighted by atomic mass is 32.2. The van der Waals surface area contributed by atoms with Gasteiger partial charge in [0.2, 0.25) is 0 Å². The van der Waals surface area contributed by atoms with Gasteiger partial charge in [0.15, 0.2) is 24.7 Å². The highest BCUT2D eigenvalue weighted by Crippen LogP contribution is 2.37. The van der Waals surface area contributed by atoms with E-state index in [1.54, 1.807) is 32.2 Å². The lowest BCUT2D eigenvalue weighted by Crippen LogP contribution is -2.28. The first kappa shape index (κ1) is 23.1. The van der Waals surface area contributed by atoms with Crippen LogP contribution in [0.5, 0.6) is 0 Å². The summed E-state index contributed by atoms with van der Waals surface area (Å²) >= 11 is 0. The maximum absolute atomic E-state index is 12.5. The van der Waals surface area contributed by atoms with E-state index in [4.69, 9.17) is 0 Å². The third-order valence-corrected chi connectivity index (χ3v) is 8.98. The minimum atomic E-state index is -3.44. The number of hydrogen-bond acceptors (Lipinski definition) is 6. The maximum Gasteiger partial charge on any atom is 0.192 e. The highest BCUT2D eigenvalue weighted by Gasteiger charge is 2.33. The van der Waals surface area contributed by atoms with E-state index in [1.807, 2.05) is 48.5 Å². The Morgan fingerprint density at radius 2 is 1.48 bits per heavy atom. The van der Waals surface area contributed by atoms with Gasteiger partial charge in [-0.2, -0.15) is 0 Å². The molecule has 4 aromatic rings. The van der Waals surface area contributed by atoms with Gasteiger partial charge in [0, 0.05) is 35.2 Å². The van der Waals surface area contributed by atoms with Gasteiger partial charge in [-0.05, 0) is 61.4 Å². The average Bonchev–Trinajstić information content (AvgIpc) is 2.77. The van der Waals surface area contributed by atoms with Crippen LogP contribution >= 0.6 is 0 Å². The van der Waals surface area contributed by atoms with E-state index < -0.39 is 24.4 Å². The van der Waals surface area contributed by atoms with Crippen LogP contribution in [-0.2, 0) is 24.4 Å². The van der Waals surface area contributed by atoms with Crippen LogP contribution in [0.2, 0.25) is 0 Å². The van der Waals surface area contributed by atoms with E-state index in [9.17, 15) is 16.8 Å². The van der Waals surface area contributed by atoms with Crippen molar-refractivity contribution >= 4 is 30.6 Å². The first-order chi connectivity index (χ1) is 15.4. The lowest BCUT2D eigenvalue weighted by atomic mass is 9.92. The smallest absolute Gasteiger partial charge is 0.192 e. The molecule has 0 aliphatic rings. The molecule has 170 valence electrons. The Kier molecular flexibility index (Phi) is 5.62. The van der Waals surface area contributed by atoms with E-state index in [-0.39, 0.29) is 5.03 Å². The summed E-state index contributed by atoms with van der Waals surface area (Å²) in [5.74, 6) is 0. The van der Waals surface area contributed by atoms with Gasteiger partial charge in [0.25, 0.3) is 0 Å². The number of pyridine rings is 2. The fourth-order valence-corrected chi connectivity index (χ4v) is 4.74. The standard InChI is InChI=1S/C25H24N2O4S2/c1-25(2,33(4,30)31)20-15-19-10-7-13-26-24(19)21(16-20)17-8-5-9-18(14-17)22-11-6-12-23(27-22)32(3,28)29/h5-16H,1-4H3. The second-order valence-corrected chi connectivity index (χ2v) is 13.1. The molecule has 6 nitrogen and oxygen atoms in total. The normalized spacial score (nSPS) is 12.7. The fraction of sp³-hybridized carbons (Fsp3) is 0.200. The van der Waals surface area contributed by atoms with Gasteiger partial charge in [-0.3, -0.25) is 4.98 Å². The quantitative estimate of drug-likeness (QED) is 0.413. The number of sulfone groups is 2. The van der Waals surface area contributed by atoms with Crippen molar-refractivity contribution in [2.75, 3.05) is 12.5 Å². The molecule has 0 unspecified atom stereocenters. The topological polar surface area (TPSA) is 94.1 Å². The molecule has 0 N–H and O–H groups in total. The van der Waals surface area contributed by atoms with Gasteiger partial charge in [0.05, 0.1) is 16.0 Å². The van der Waals surface area contributed by atoms with Gasteiger partial charge < -0.3 is 0 Å². The van der Waals surface area contributed by atoms with Crippen LogP contribution in [0.25, 0.3) is 33.3 Å². The maximum atomic E-state index is 12.5. The van der Waals surface area contributed by atoms with Crippen LogP contribution in [0.15, 0.2) is 78.0 Å². The average molecular weight is 481 g/mol. The van der Waals surface area contributed by atoms with E-state index in [0.29, 0.717) is 11.3 Å². The molecule has 0 spiro atoms. The molecular weight excluding hydrogens is 456 g/mol. The van der Waals surface area contributed by atoms with Crippen molar-refractivity contribution in [2.45, 2.75) is 23.6 Å². The van der Waals surface area contributed by atoms with Gasteiger partial charge >= 0.3 is 0 Å². The van der Waals surface area contributed by atoms with Crippen LogP contribution in [0.3, 0.4) is 0 Å². The zero-order valence-electron chi connectivity index (χ0n) is 18.8. The summed E-state index contributed by atoms with van der Waals surface area (Å²) in [6.07, 6.45) is 4.07. The fourth-order valence-electron chi connectivity index (χ4n) is 3.60. The number of rotatable bonds is 5. The van der Waals surface area contributed by atoms with Crippen LogP contribution in [-0.4, -0.2) is 39.3 Å². The molecule has 0 bridgehead atoms. The molecule has 0 fully saturated rings. The highest BCUT2D eigenvalue weighted by molar-refractivity contribution is 7.91. The Hall–Kier alpha value is -3.10. The van der Waals surface area contributed by atoms with Crippen molar-refractivity contribution in [1.29, 1.82) is 0 Å². The van der Waals surface area contributed by atoms with Crippen LogP contribution in [0.1, 0.15) is 19.4 Å². The summed E-state index contributed by atoms with van der Waals surface area (Å²) in [5, 5.41) is 0.846. The molecular formula is C25H24N2O4S2. The van der Waals surface area contributed by atoms with E-state index in [0.717, 1.165) is 33.8 Å². The second kappa shape index (κ2) is 8.04. The lowest BCUT2D eigenvalue weighted by molar-refractivity contribution is 0.561. The van der Waals surface area contributed by atoms with Crippen molar-refractivity contribution in [3.63, 3.8) is 0 Å². The summed E-state index contributed by atoms with van der Waals surface area (Å²) in [6.45, 7) is 3.39. The Bertz CT molecular complexity index is 1590. The third kappa shape index (κ3) is 4.41. The molecule has 2 aromatic heterocycles. The molecule has 0 atom stereocenters. The largest absolute Gasteiger partial charge is 0.256 e. The first-order valence-electron chi connectivity index (χ1n) is 10.2. The van der Waals surface area contributed by atoms with Crippen molar-refractivity contribution < 1.29 is 16.8 Å². The SMILES string of the molecule is CC(C)(c1cc(-c2cccc(-c3cccc(S(C)(=O)=O)n3)c2)c2ncccc2c1)S(C)(=O)=O. The number of nitrogens with zero attached hydrogens (tertiary/aromatic N) is 2. The van der Waals surface area contributed by atoms with E-state index in [2.05, 4.69) is 9.97 Å². The van der Waals surface area contributed by atoms with Crippen molar-refractivity contribution in [2.24, 2.45) is 0 Å². The van der Waals surface area contributed by atoms with Crippen molar-refractivity contribution in [1.82, 2.24) is 9.97 Å². The molecule has 0 saturated carbocycles. The number of benzene rings is 2. The molecule has 2 aromatic carbocycles. The number of aromatic nitrogens is 2. The third-order valence-electron chi connectivity index (χ3n) is 5.90. The molecule has 4 rings (SSSR count). The number of fused-ring (bicyclic) bond motifs is 1. The van der Waals surface area contributed by atoms with Crippen LogP contribution in [0.4, 0.5) is 0 Å². The molecule has 0 saturated heterocycles. The van der Waals surface area contributed by atoms with Crippen LogP contribution in [0, 0.1) is 0 Å². The predicted molar refractivity (Wildman–Crippen MR) is 131 cm³/mol. The minimum absolute atomic E-state index is 0.00872. The Morgan fingerprint density at radius 1 is 0.788 bits per heavy atom. The van der Waals surface area contributed by atoms with Crippen molar-refractivity contribution in [3.8, 4) is 22.4 Å². The zero-order chi connectivity index (χ0) is 24.0.